The molecule has 1 saturated carbocycles. The van der Waals surface area contributed by atoms with Gasteiger partial charge in [-0.2, -0.15) is 5.10 Å². The monoisotopic (exact) mass is 353 g/mol. The number of likely N-dealkylation sites (N-methyl/N-ethyl adjacent to an activating group) is 1. The first-order valence-electron chi connectivity index (χ1n) is 8.86. The molecule has 7 heteroatoms. The summed E-state index contributed by atoms with van der Waals surface area (Å²) >= 11 is 0. The number of aromatic nitrogens is 2. The van der Waals surface area contributed by atoms with Crippen LogP contribution in [0.2, 0.25) is 0 Å². The summed E-state index contributed by atoms with van der Waals surface area (Å²) in [4.78, 5) is 18.7. The number of guanidine groups is 1. The Morgan fingerprint density at radius 3 is 2.96 bits per heavy atom. The highest BCUT2D eigenvalue weighted by molar-refractivity contribution is 6.13. The third-order valence-corrected chi connectivity index (χ3v) is 5.21. The number of aliphatic imine (C=N–C) groups is 1. The van der Waals surface area contributed by atoms with Crippen LogP contribution in [0.1, 0.15) is 24.8 Å². The Morgan fingerprint density at radius 1 is 1.31 bits per heavy atom. The predicted octanol–water partition coefficient (Wildman–Crippen LogP) is 1.90. The number of aryl methyl sites for hydroxylation is 1. The molecule has 2 aliphatic rings. The van der Waals surface area contributed by atoms with E-state index in [0.717, 1.165) is 35.7 Å². The average Bonchev–Trinajstić information content (AvgIpc) is 3.31. The van der Waals surface area contributed by atoms with Gasteiger partial charge in [-0.15, -0.1) is 0 Å². The Bertz CT molecular complexity index is 914. The van der Waals surface area contributed by atoms with Gasteiger partial charge in [0.15, 0.2) is 0 Å². The summed E-state index contributed by atoms with van der Waals surface area (Å²) < 4.78 is 7.35. The number of ether oxygens (including phenoxy) is 1. The highest BCUT2D eigenvalue weighted by Gasteiger charge is 2.33. The fraction of sp³-hybridized carbons (Fsp3) is 0.421. The van der Waals surface area contributed by atoms with Gasteiger partial charge in [0.2, 0.25) is 5.96 Å². The van der Waals surface area contributed by atoms with E-state index in [1.807, 2.05) is 42.2 Å². The highest BCUT2D eigenvalue weighted by Crippen LogP contribution is 2.24. The Balaban J connectivity index is 1.59. The predicted molar refractivity (Wildman–Crippen MR) is 100 cm³/mol. The van der Waals surface area contributed by atoms with E-state index in [1.165, 1.54) is 0 Å². The molecule has 0 bridgehead atoms. The molecule has 136 valence electrons. The van der Waals surface area contributed by atoms with Gasteiger partial charge in [0.05, 0.1) is 23.9 Å². The fourth-order valence-electron chi connectivity index (χ4n) is 3.70. The van der Waals surface area contributed by atoms with E-state index in [2.05, 4.69) is 15.4 Å². The molecule has 0 unspecified atom stereocenters. The summed E-state index contributed by atoms with van der Waals surface area (Å²) in [6, 6.07) is 6.19. The van der Waals surface area contributed by atoms with Crippen LogP contribution in [0.4, 0.5) is 0 Å². The number of fused-ring (bicyclic) bond motifs is 1. The second kappa shape index (κ2) is 6.57. The van der Waals surface area contributed by atoms with Crippen molar-refractivity contribution in [3.8, 4) is 0 Å². The number of carbonyl (C=O) groups is 1. The maximum atomic E-state index is 12.6. The molecule has 2 aromatic rings. The first kappa shape index (κ1) is 16.8. The second-order valence-corrected chi connectivity index (χ2v) is 6.87. The number of rotatable bonds is 3. The Labute approximate surface area is 152 Å². The van der Waals surface area contributed by atoms with Crippen LogP contribution in [0.15, 0.2) is 35.1 Å². The molecule has 1 amide bonds. The fourth-order valence-corrected chi connectivity index (χ4v) is 3.70. The lowest BCUT2D eigenvalue weighted by atomic mass is 10.1. The molecule has 1 aromatic heterocycles. The van der Waals surface area contributed by atoms with Crippen molar-refractivity contribution in [1.29, 1.82) is 0 Å². The minimum atomic E-state index is -0.106. The molecule has 1 aromatic carbocycles. The van der Waals surface area contributed by atoms with Crippen molar-refractivity contribution in [3.63, 3.8) is 0 Å². The smallest absolute Gasteiger partial charge is 0.279 e. The van der Waals surface area contributed by atoms with Crippen LogP contribution in [0, 0.1) is 0 Å². The van der Waals surface area contributed by atoms with E-state index < -0.39 is 0 Å². The maximum Gasteiger partial charge on any atom is 0.279 e. The van der Waals surface area contributed by atoms with Gasteiger partial charge < -0.3 is 10.1 Å². The van der Waals surface area contributed by atoms with Crippen molar-refractivity contribution in [2.75, 3.05) is 14.2 Å². The average molecular weight is 353 g/mol. The maximum absolute atomic E-state index is 12.6. The zero-order valence-corrected chi connectivity index (χ0v) is 15.3. The zero-order valence-electron chi connectivity index (χ0n) is 15.3. The van der Waals surface area contributed by atoms with E-state index >= 15 is 0 Å². The van der Waals surface area contributed by atoms with Crippen LogP contribution in [0.25, 0.3) is 17.0 Å². The van der Waals surface area contributed by atoms with Gasteiger partial charge in [-0.25, -0.2) is 4.99 Å². The van der Waals surface area contributed by atoms with Crippen molar-refractivity contribution < 1.29 is 9.53 Å². The summed E-state index contributed by atoms with van der Waals surface area (Å²) in [5.41, 5.74) is 2.42. The number of nitrogens with one attached hydrogen (secondary N) is 1. The van der Waals surface area contributed by atoms with Crippen molar-refractivity contribution in [1.82, 2.24) is 20.0 Å². The van der Waals surface area contributed by atoms with Crippen LogP contribution in [0.3, 0.4) is 0 Å². The number of hydrogen-bond acceptors (Lipinski definition) is 5. The van der Waals surface area contributed by atoms with Crippen LogP contribution in [-0.2, 0) is 16.6 Å². The Morgan fingerprint density at radius 2 is 2.15 bits per heavy atom. The van der Waals surface area contributed by atoms with Gasteiger partial charge in [0.1, 0.15) is 5.70 Å². The van der Waals surface area contributed by atoms with E-state index in [9.17, 15) is 4.79 Å². The number of benzene rings is 1. The number of methoxy groups -OCH3 is 1. The van der Waals surface area contributed by atoms with Crippen molar-refractivity contribution in [2.24, 2.45) is 12.0 Å². The van der Waals surface area contributed by atoms with Crippen molar-refractivity contribution in [3.05, 3.63) is 35.7 Å². The number of amides is 1. The zero-order chi connectivity index (χ0) is 18.3. The standard InChI is InChI=1S/C19H23N5O2/c1-23-18(25)15(22-19(23)21-14-5-4-6-17(14)26-3)10-12-7-8-16-13(9-12)11-20-24(16)2/h7-11,14,17H,4-6H2,1-3H3,(H,21,22)/b15-10-/t14-,17-/m1/s1. The topological polar surface area (TPSA) is 71.7 Å². The van der Waals surface area contributed by atoms with Crippen LogP contribution in [-0.4, -0.2) is 52.9 Å². The van der Waals surface area contributed by atoms with Crippen LogP contribution < -0.4 is 5.32 Å². The van der Waals surface area contributed by atoms with Crippen molar-refractivity contribution in [2.45, 2.75) is 31.4 Å². The van der Waals surface area contributed by atoms with Gasteiger partial charge in [0, 0.05) is 26.6 Å². The normalized spacial score (nSPS) is 24.7. The molecule has 2 heterocycles. The van der Waals surface area contributed by atoms with E-state index in [0.29, 0.717) is 11.7 Å². The minimum Gasteiger partial charge on any atom is -0.379 e. The molecule has 1 aliphatic heterocycles. The molecular weight excluding hydrogens is 330 g/mol. The lowest BCUT2D eigenvalue weighted by Gasteiger charge is -2.22. The summed E-state index contributed by atoms with van der Waals surface area (Å²) in [6.45, 7) is 0. The van der Waals surface area contributed by atoms with E-state index in [1.54, 1.807) is 19.1 Å². The number of nitrogens with zero attached hydrogens (tertiary/aromatic N) is 4. The quantitative estimate of drug-likeness (QED) is 0.856. The minimum absolute atomic E-state index is 0.106. The van der Waals surface area contributed by atoms with E-state index in [4.69, 9.17) is 4.74 Å². The summed E-state index contributed by atoms with van der Waals surface area (Å²) in [7, 11) is 5.39. The molecule has 2 atom stereocenters. The van der Waals surface area contributed by atoms with Crippen molar-refractivity contribution >= 4 is 28.8 Å². The molecule has 0 spiro atoms. The second-order valence-electron chi connectivity index (χ2n) is 6.87. The highest BCUT2D eigenvalue weighted by atomic mass is 16.5. The molecule has 1 fully saturated rings. The molecular formula is C19H23N5O2. The number of hydrogen-bond donors (Lipinski definition) is 1. The van der Waals surface area contributed by atoms with Gasteiger partial charge in [0.25, 0.3) is 5.91 Å². The molecule has 7 nitrogen and oxygen atoms in total. The third kappa shape index (κ3) is 2.88. The molecule has 0 saturated heterocycles. The number of carbonyl (C=O) groups excluding carboxylic acids is 1. The first-order chi connectivity index (χ1) is 12.6. The molecule has 1 aliphatic carbocycles. The van der Waals surface area contributed by atoms with E-state index in [-0.39, 0.29) is 18.1 Å². The van der Waals surface area contributed by atoms with Gasteiger partial charge in [-0.1, -0.05) is 6.07 Å². The SMILES string of the molecule is CO[C@@H]1CCC[C@H]1NC1=N/C(=C\c2ccc3c(cnn3C)c2)C(=O)N1C. The molecule has 4 rings (SSSR count). The summed E-state index contributed by atoms with van der Waals surface area (Å²) in [5.74, 6) is 0.489. The van der Waals surface area contributed by atoms with Crippen LogP contribution in [0.5, 0.6) is 0 Å². The summed E-state index contributed by atoms with van der Waals surface area (Å²) in [6.07, 6.45) is 6.99. The lowest BCUT2D eigenvalue weighted by molar-refractivity contribution is -0.121. The first-order valence-corrected chi connectivity index (χ1v) is 8.86. The molecule has 0 radical (unpaired) electrons. The van der Waals surface area contributed by atoms with Gasteiger partial charge >= 0.3 is 0 Å². The lowest BCUT2D eigenvalue weighted by Crippen LogP contribution is -2.46. The largest absolute Gasteiger partial charge is 0.379 e. The Kier molecular flexibility index (Phi) is 4.24. The molecule has 1 N–H and O–H groups in total. The molecule has 26 heavy (non-hydrogen) atoms. The summed E-state index contributed by atoms with van der Waals surface area (Å²) in [5, 5.41) is 8.67. The van der Waals surface area contributed by atoms with Gasteiger partial charge in [-0.3, -0.25) is 14.4 Å². The third-order valence-electron chi connectivity index (χ3n) is 5.21. The van der Waals surface area contributed by atoms with Crippen LogP contribution >= 0.6 is 0 Å². The van der Waals surface area contributed by atoms with Gasteiger partial charge in [-0.05, 0) is 43.0 Å². The Hall–Kier alpha value is -2.67.